The van der Waals surface area contributed by atoms with E-state index >= 15 is 0 Å². The number of rotatable bonds is 9. The van der Waals surface area contributed by atoms with E-state index in [9.17, 15) is 14.7 Å². The van der Waals surface area contributed by atoms with Gasteiger partial charge in [-0.1, -0.05) is 57.0 Å². The van der Waals surface area contributed by atoms with Crippen LogP contribution in [0.5, 0.6) is 0 Å². The van der Waals surface area contributed by atoms with Crippen molar-refractivity contribution in [3.8, 4) is 11.3 Å². The van der Waals surface area contributed by atoms with Gasteiger partial charge in [0, 0.05) is 29.3 Å². The molecule has 2 rings (SSSR count). The minimum Gasteiger partial charge on any atom is -0.550 e. The predicted molar refractivity (Wildman–Crippen MR) is 98.0 cm³/mol. The van der Waals surface area contributed by atoms with E-state index in [-0.39, 0.29) is 18.2 Å². The van der Waals surface area contributed by atoms with Crippen LogP contribution in [0.2, 0.25) is 0 Å². The summed E-state index contributed by atoms with van der Waals surface area (Å²) < 4.78 is 0. The Morgan fingerprint density at radius 3 is 2.64 bits per heavy atom. The number of nitrogens with one attached hydrogen (secondary N) is 1. The van der Waals surface area contributed by atoms with Gasteiger partial charge in [-0.25, -0.2) is 4.98 Å². The Labute approximate surface area is 152 Å². The summed E-state index contributed by atoms with van der Waals surface area (Å²) in [7, 11) is 0. The summed E-state index contributed by atoms with van der Waals surface area (Å²) in [5.41, 5.74) is 1.80. The number of benzene rings is 1. The summed E-state index contributed by atoms with van der Waals surface area (Å²) in [5, 5.41) is 16.5. The normalized spacial score (nSPS) is 13.2. The third kappa shape index (κ3) is 5.67. The van der Waals surface area contributed by atoms with Gasteiger partial charge in [-0.3, -0.25) is 4.79 Å². The Balaban J connectivity index is 1.93. The van der Waals surface area contributed by atoms with Crippen molar-refractivity contribution < 1.29 is 14.7 Å². The zero-order valence-corrected chi connectivity index (χ0v) is 15.3. The molecule has 5 nitrogen and oxygen atoms in total. The summed E-state index contributed by atoms with van der Waals surface area (Å²) in [6, 6.07) is 9.73. The zero-order chi connectivity index (χ0) is 18.2. The van der Waals surface area contributed by atoms with E-state index < -0.39 is 11.9 Å². The summed E-state index contributed by atoms with van der Waals surface area (Å²) in [6.07, 6.45) is 2.42. The average molecular weight is 359 g/mol. The topological polar surface area (TPSA) is 82.1 Å². The summed E-state index contributed by atoms with van der Waals surface area (Å²) in [4.78, 5) is 27.9. The van der Waals surface area contributed by atoms with E-state index in [1.165, 1.54) is 11.3 Å². The quantitative estimate of drug-likeness (QED) is 0.744. The van der Waals surface area contributed by atoms with Crippen molar-refractivity contribution >= 4 is 28.3 Å². The molecule has 2 atom stereocenters. The Morgan fingerprint density at radius 2 is 2.00 bits per heavy atom. The average Bonchev–Trinajstić information content (AvgIpc) is 3.04. The number of hydrogen-bond donors (Lipinski definition) is 1. The number of carboxylic acids is 1. The Morgan fingerprint density at radius 1 is 1.28 bits per heavy atom. The molecule has 1 amide bonds. The number of unbranched alkanes of at least 4 members (excludes halogenated alkanes) is 1. The van der Waals surface area contributed by atoms with E-state index in [0.717, 1.165) is 24.1 Å². The molecule has 0 unspecified atom stereocenters. The first-order valence-corrected chi connectivity index (χ1v) is 9.40. The van der Waals surface area contributed by atoms with E-state index in [4.69, 9.17) is 0 Å². The summed E-state index contributed by atoms with van der Waals surface area (Å²) >= 11 is 1.36. The lowest BCUT2D eigenvalue weighted by atomic mass is 9.87. The van der Waals surface area contributed by atoms with Gasteiger partial charge < -0.3 is 15.2 Å². The first kappa shape index (κ1) is 19.1. The molecule has 1 N–H and O–H groups in total. The minimum atomic E-state index is -1.07. The molecule has 0 saturated heterocycles. The molecule has 6 heteroatoms. The number of aromatic nitrogens is 1. The van der Waals surface area contributed by atoms with Gasteiger partial charge in [-0.15, -0.1) is 11.3 Å². The van der Waals surface area contributed by atoms with Gasteiger partial charge >= 0.3 is 0 Å². The first-order valence-electron chi connectivity index (χ1n) is 8.53. The SMILES string of the molecule is CCCC[C@@H](C(=O)[O-])[C@@H](C)CC(=O)Nc1nc(-c2ccccc2)cs1. The lowest BCUT2D eigenvalue weighted by Crippen LogP contribution is -2.36. The number of carbonyl (C=O) groups is 2. The maximum Gasteiger partial charge on any atom is 0.226 e. The number of amides is 1. The molecular formula is C19H23N2O3S-. The molecule has 2 aromatic rings. The second kappa shape index (κ2) is 9.32. The van der Waals surface area contributed by atoms with Crippen LogP contribution in [-0.2, 0) is 9.59 Å². The Kier molecular flexibility index (Phi) is 7.13. The number of aliphatic carboxylic acids is 1. The van der Waals surface area contributed by atoms with E-state index in [1.54, 1.807) is 6.92 Å². The fourth-order valence-electron chi connectivity index (χ4n) is 2.74. The standard InChI is InChI=1S/C19H24N2O3S/c1-3-4-10-15(18(23)24)13(2)11-17(22)21-19-20-16(12-25-19)14-8-6-5-7-9-14/h5-9,12-13,15H,3-4,10-11H2,1-2H3,(H,23,24)(H,20,21,22)/p-1/t13-,15+/m0/s1. The van der Waals surface area contributed by atoms with Crippen LogP contribution in [0.1, 0.15) is 39.5 Å². The molecule has 134 valence electrons. The molecule has 0 aliphatic heterocycles. The molecule has 1 heterocycles. The Hall–Kier alpha value is -2.21. The van der Waals surface area contributed by atoms with Crippen molar-refractivity contribution in [1.82, 2.24) is 4.98 Å². The van der Waals surface area contributed by atoms with Gasteiger partial charge in [0.1, 0.15) is 0 Å². The largest absolute Gasteiger partial charge is 0.550 e. The smallest absolute Gasteiger partial charge is 0.226 e. The lowest BCUT2D eigenvalue weighted by Gasteiger charge is -2.24. The second-order valence-corrected chi connectivity index (χ2v) is 7.06. The van der Waals surface area contributed by atoms with E-state index in [2.05, 4.69) is 10.3 Å². The fourth-order valence-corrected chi connectivity index (χ4v) is 3.47. The van der Waals surface area contributed by atoms with Crippen molar-refractivity contribution in [2.75, 3.05) is 5.32 Å². The molecule has 0 saturated carbocycles. The Bertz CT molecular complexity index is 700. The molecule has 1 aromatic heterocycles. The van der Waals surface area contributed by atoms with Gasteiger partial charge in [0.2, 0.25) is 5.91 Å². The predicted octanol–water partition coefficient (Wildman–Crippen LogP) is 3.33. The highest BCUT2D eigenvalue weighted by atomic mass is 32.1. The van der Waals surface area contributed by atoms with Crippen molar-refractivity contribution in [1.29, 1.82) is 0 Å². The third-order valence-electron chi connectivity index (χ3n) is 4.19. The first-order chi connectivity index (χ1) is 12.0. The van der Waals surface area contributed by atoms with Crippen LogP contribution in [-0.4, -0.2) is 16.9 Å². The van der Waals surface area contributed by atoms with Crippen LogP contribution >= 0.6 is 11.3 Å². The fraction of sp³-hybridized carbons (Fsp3) is 0.421. The molecule has 25 heavy (non-hydrogen) atoms. The van der Waals surface area contributed by atoms with Gasteiger partial charge in [-0.2, -0.15) is 0 Å². The molecule has 0 fully saturated rings. The van der Waals surface area contributed by atoms with Crippen LogP contribution in [0.3, 0.4) is 0 Å². The highest BCUT2D eigenvalue weighted by Crippen LogP contribution is 2.26. The number of anilines is 1. The minimum absolute atomic E-state index is 0.141. The molecule has 0 aliphatic carbocycles. The van der Waals surface area contributed by atoms with Gasteiger partial charge in [0.15, 0.2) is 5.13 Å². The maximum absolute atomic E-state index is 12.2. The van der Waals surface area contributed by atoms with Crippen LogP contribution in [0.15, 0.2) is 35.7 Å². The molecule has 1 aromatic carbocycles. The summed E-state index contributed by atoms with van der Waals surface area (Å²) in [5.74, 6) is -2.16. The maximum atomic E-state index is 12.2. The van der Waals surface area contributed by atoms with Gasteiger partial charge in [-0.05, 0) is 12.3 Å². The van der Waals surface area contributed by atoms with E-state index in [0.29, 0.717) is 11.6 Å². The monoisotopic (exact) mass is 359 g/mol. The van der Waals surface area contributed by atoms with Crippen LogP contribution < -0.4 is 10.4 Å². The molecule has 0 radical (unpaired) electrons. The van der Waals surface area contributed by atoms with Crippen LogP contribution in [0.4, 0.5) is 5.13 Å². The number of hydrogen-bond acceptors (Lipinski definition) is 5. The summed E-state index contributed by atoms with van der Waals surface area (Å²) in [6.45, 7) is 3.80. The van der Waals surface area contributed by atoms with Crippen molar-refractivity contribution in [2.45, 2.75) is 39.5 Å². The van der Waals surface area contributed by atoms with Gasteiger partial charge in [0.05, 0.1) is 5.69 Å². The van der Waals surface area contributed by atoms with Gasteiger partial charge in [0.25, 0.3) is 0 Å². The van der Waals surface area contributed by atoms with Crippen molar-refractivity contribution in [3.63, 3.8) is 0 Å². The van der Waals surface area contributed by atoms with Crippen molar-refractivity contribution in [3.05, 3.63) is 35.7 Å². The van der Waals surface area contributed by atoms with Crippen molar-refractivity contribution in [2.24, 2.45) is 11.8 Å². The number of carbonyl (C=O) groups excluding carboxylic acids is 2. The van der Waals surface area contributed by atoms with Crippen LogP contribution in [0, 0.1) is 11.8 Å². The number of thiazole rings is 1. The molecular weight excluding hydrogens is 336 g/mol. The zero-order valence-electron chi connectivity index (χ0n) is 14.5. The molecule has 0 spiro atoms. The second-order valence-electron chi connectivity index (χ2n) is 6.20. The lowest BCUT2D eigenvalue weighted by molar-refractivity contribution is -0.313. The van der Waals surface area contributed by atoms with E-state index in [1.807, 2.05) is 42.6 Å². The highest BCUT2D eigenvalue weighted by molar-refractivity contribution is 7.14. The molecule has 0 aliphatic rings. The van der Waals surface area contributed by atoms with Crippen LogP contribution in [0.25, 0.3) is 11.3 Å². The highest BCUT2D eigenvalue weighted by Gasteiger charge is 2.21. The molecule has 0 bridgehead atoms. The number of nitrogens with zero attached hydrogens (tertiary/aromatic N) is 1. The third-order valence-corrected chi connectivity index (χ3v) is 4.94. The number of carboxylic acid groups (broad SMARTS) is 1.